The molecule has 0 aliphatic carbocycles. The molecular formula is C34H57N13O9. The number of amides is 7. The van der Waals surface area contributed by atoms with Crippen LogP contribution in [0.5, 0.6) is 5.75 Å². The highest BCUT2D eigenvalue weighted by Crippen LogP contribution is 2.15. The summed E-state index contributed by atoms with van der Waals surface area (Å²) in [4.78, 5) is 92.0. The van der Waals surface area contributed by atoms with Crippen LogP contribution in [0.4, 0.5) is 0 Å². The molecule has 0 unspecified atom stereocenters. The summed E-state index contributed by atoms with van der Waals surface area (Å²) in [5.41, 5.74) is 22.4. The van der Waals surface area contributed by atoms with Crippen molar-refractivity contribution in [3.05, 3.63) is 29.8 Å². The van der Waals surface area contributed by atoms with Gasteiger partial charge in [0.05, 0.1) is 13.2 Å². The lowest BCUT2D eigenvalue weighted by Crippen LogP contribution is -2.60. The van der Waals surface area contributed by atoms with E-state index in [9.17, 15) is 38.7 Å². The van der Waals surface area contributed by atoms with Crippen molar-refractivity contribution in [1.82, 2.24) is 36.8 Å². The Bertz CT molecular complexity index is 1540. The van der Waals surface area contributed by atoms with Crippen LogP contribution in [0.1, 0.15) is 57.9 Å². The Morgan fingerprint density at radius 2 is 1.30 bits per heavy atom. The number of rotatable bonds is 25. The number of nitrogens with zero attached hydrogens (tertiary/aromatic N) is 1. The van der Waals surface area contributed by atoms with Crippen LogP contribution >= 0.6 is 0 Å². The van der Waals surface area contributed by atoms with E-state index < -0.39 is 77.7 Å². The molecule has 1 aromatic carbocycles. The number of likely N-dealkylation sites (N-methyl/N-ethyl adjacent to an activating group) is 1. The van der Waals surface area contributed by atoms with Gasteiger partial charge in [-0.2, -0.15) is 0 Å². The number of carbonyl (C=O) groups is 7. The Hall–Kier alpha value is -6.19. The summed E-state index contributed by atoms with van der Waals surface area (Å²) < 4.78 is 5.16. The number of benzene rings is 1. The third kappa shape index (κ3) is 17.8. The minimum atomic E-state index is -1.48. The lowest BCUT2D eigenvalue weighted by Gasteiger charge is -2.32. The molecule has 0 radical (unpaired) electrons. The van der Waals surface area contributed by atoms with Crippen LogP contribution in [0.15, 0.2) is 24.3 Å². The quantitative estimate of drug-likeness (QED) is 0.0254. The van der Waals surface area contributed by atoms with E-state index in [-0.39, 0.29) is 70.0 Å². The first-order valence-electron chi connectivity index (χ1n) is 17.8. The number of guanidine groups is 2. The molecule has 0 fully saturated rings. The minimum Gasteiger partial charge on any atom is -0.497 e. The highest BCUT2D eigenvalue weighted by molar-refractivity contribution is 5.96. The lowest BCUT2D eigenvalue weighted by atomic mass is 10.0. The topological polar surface area (TPSA) is 376 Å². The SMILES string of the molecule is COc1ccc(C[C@H](NC(=O)[C@H](CCCNC(=N)N)N(C)C(=O)[C@H](CCC(N)=O)NC(=O)[C@H](CCCNC(=N)N)NC(=O)[C@@H](NC(C)=O)[C@@H](C)O)C(N)=O)cc1. The molecule has 6 atom stereocenters. The number of aliphatic hydroxyl groups excluding tert-OH is 1. The second kappa shape index (κ2) is 24.3. The van der Waals surface area contributed by atoms with Gasteiger partial charge in [-0.25, -0.2) is 0 Å². The fourth-order valence-corrected chi connectivity index (χ4v) is 5.41. The Kier molecular flexibility index (Phi) is 20.7. The van der Waals surface area contributed by atoms with Crippen LogP contribution in [0.2, 0.25) is 0 Å². The predicted molar refractivity (Wildman–Crippen MR) is 204 cm³/mol. The van der Waals surface area contributed by atoms with Gasteiger partial charge in [-0.15, -0.1) is 0 Å². The normalized spacial score (nSPS) is 13.9. The van der Waals surface area contributed by atoms with Crippen molar-refractivity contribution in [2.75, 3.05) is 27.2 Å². The van der Waals surface area contributed by atoms with E-state index in [0.717, 1.165) is 11.8 Å². The summed E-state index contributed by atoms with van der Waals surface area (Å²) in [6.45, 7) is 2.65. The summed E-state index contributed by atoms with van der Waals surface area (Å²) in [5.74, 6) is -5.81. The van der Waals surface area contributed by atoms with Crippen LogP contribution in [0.3, 0.4) is 0 Å². The number of methoxy groups -OCH3 is 1. The monoisotopic (exact) mass is 791 g/mol. The molecular weight excluding hydrogens is 734 g/mol. The third-order valence-electron chi connectivity index (χ3n) is 8.38. The molecule has 0 aliphatic heterocycles. The first-order valence-corrected chi connectivity index (χ1v) is 17.8. The lowest BCUT2D eigenvalue weighted by molar-refractivity contribution is -0.143. The number of hydrogen-bond donors (Lipinski definition) is 13. The smallest absolute Gasteiger partial charge is 0.245 e. The maximum Gasteiger partial charge on any atom is 0.245 e. The molecule has 0 aliphatic rings. The fraction of sp³-hybridized carbons (Fsp3) is 0.559. The molecule has 22 nitrogen and oxygen atoms in total. The summed E-state index contributed by atoms with van der Waals surface area (Å²) >= 11 is 0. The van der Waals surface area contributed by atoms with Crippen molar-refractivity contribution in [3.63, 3.8) is 0 Å². The standard InChI is InChI=1S/C34H57N13O9/c1-18(48)27(43-19(2)49)31(54)44-22(7-5-15-41-33(37)38)29(52)45-23(13-14-26(35)50)32(55)47(3)25(8-6-16-42-34(39)40)30(53)46-24(28(36)51)17-20-9-11-21(56-4)12-10-20/h9-12,18,22-25,27,48H,5-8,13-17H2,1-4H3,(H2,35,50)(H2,36,51)(H,43,49)(H,44,54)(H,45,52)(H,46,53)(H4,37,38,41)(H4,39,40,42)/t18-,22+,23+,24+,25+,27+/m1/s1. The zero-order valence-corrected chi connectivity index (χ0v) is 32.1. The van der Waals surface area contributed by atoms with E-state index in [1.165, 1.54) is 21.1 Å². The second-order valence-corrected chi connectivity index (χ2v) is 13.0. The van der Waals surface area contributed by atoms with E-state index in [1.807, 2.05) is 0 Å². The fourth-order valence-electron chi connectivity index (χ4n) is 5.41. The number of primary amides is 2. The predicted octanol–water partition coefficient (Wildman–Crippen LogP) is -4.32. The van der Waals surface area contributed by atoms with E-state index in [1.54, 1.807) is 24.3 Å². The largest absolute Gasteiger partial charge is 0.497 e. The number of carbonyl (C=O) groups excluding carboxylic acids is 7. The van der Waals surface area contributed by atoms with Crippen LogP contribution in [0.25, 0.3) is 0 Å². The molecule has 0 heterocycles. The molecule has 7 amide bonds. The summed E-state index contributed by atoms with van der Waals surface area (Å²) in [7, 11) is 2.77. The van der Waals surface area contributed by atoms with E-state index in [4.69, 9.17) is 38.5 Å². The van der Waals surface area contributed by atoms with Gasteiger partial charge in [0.1, 0.15) is 36.0 Å². The van der Waals surface area contributed by atoms with Gasteiger partial charge in [0, 0.05) is 39.9 Å². The molecule has 0 aromatic heterocycles. The number of nitrogens with two attached hydrogens (primary N) is 4. The molecule has 0 saturated heterocycles. The van der Waals surface area contributed by atoms with Crippen LogP contribution in [-0.4, -0.2) is 127 Å². The molecule has 56 heavy (non-hydrogen) atoms. The van der Waals surface area contributed by atoms with Crippen molar-refractivity contribution >= 4 is 53.3 Å². The summed E-state index contributed by atoms with van der Waals surface area (Å²) in [6, 6.07) is -0.0581. The summed E-state index contributed by atoms with van der Waals surface area (Å²) in [6.07, 6.45) is -1.77. The molecule has 1 rings (SSSR count). The van der Waals surface area contributed by atoms with E-state index in [0.29, 0.717) is 11.3 Å². The van der Waals surface area contributed by atoms with Gasteiger partial charge in [-0.1, -0.05) is 12.1 Å². The zero-order valence-electron chi connectivity index (χ0n) is 32.1. The van der Waals surface area contributed by atoms with Gasteiger partial charge in [-0.3, -0.25) is 44.4 Å². The van der Waals surface area contributed by atoms with E-state index in [2.05, 4.69) is 31.9 Å². The summed E-state index contributed by atoms with van der Waals surface area (Å²) in [5, 5.41) is 40.0. The Balaban J connectivity index is 3.45. The molecule has 1 aromatic rings. The molecule has 0 spiro atoms. The number of ether oxygens (including phenoxy) is 1. The first-order chi connectivity index (χ1) is 26.3. The average Bonchev–Trinajstić information content (AvgIpc) is 3.12. The van der Waals surface area contributed by atoms with Crippen molar-refractivity contribution in [1.29, 1.82) is 10.8 Å². The van der Waals surface area contributed by atoms with E-state index >= 15 is 0 Å². The maximum absolute atomic E-state index is 14.1. The first kappa shape index (κ1) is 47.8. The van der Waals surface area contributed by atoms with Crippen LogP contribution in [-0.2, 0) is 40.0 Å². The second-order valence-electron chi connectivity index (χ2n) is 13.0. The van der Waals surface area contributed by atoms with Gasteiger partial charge in [0.25, 0.3) is 0 Å². The van der Waals surface area contributed by atoms with Crippen molar-refractivity contribution in [2.24, 2.45) is 22.9 Å². The highest BCUT2D eigenvalue weighted by atomic mass is 16.5. The molecule has 0 saturated carbocycles. The van der Waals surface area contributed by atoms with Crippen LogP contribution < -0.4 is 59.6 Å². The zero-order chi connectivity index (χ0) is 42.5. The van der Waals surface area contributed by atoms with Crippen molar-refractivity contribution in [3.8, 4) is 5.75 Å². The molecule has 0 bridgehead atoms. The third-order valence-corrected chi connectivity index (χ3v) is 8.38. The maximum atomic E-state index is 14.1. The Morgan fingerprint density at radius 1 is 0.768 bits per heavy atom. The number of hydrogen-bond acceptors (Lipinski definition) is 11. The van der Waals surface area contributed by atoms with Gasteiger partial charge >= 0.3 is 0 Å². The molecule has 312 valence electrons. The van der Waals surface area contributed by atoms with Gasteiger partial charge in [-0.05, 0) is 56.7 Å². The highest BCUT2D eigenvalue weighted by Gasteiger charge is 2.36. The van der Waals surface area contributed by atoms with Crippen molar-refractivity contribution in [2.45, 2.75) is 95.1 Å². The number of nitrogens with one attached hydrogen (secondary N) is 8. The Labute approximate surface area is 324 Å². The van der Waals surface area contributed by atoms with Gasteiger partial charge < -0.3 is 69.6 Å². The van der Waals surface area contributed by atoms with Crippen molar-refractivity contribution < 1.29 is 43.4 Å². The molecule has 17 N–H and O–H groups in total. The Morgan fingerprint density at radius 3 is 1.79 bits per heavy atom. The minimum absolute atomic E-state index is 0.00549. The van der Waals surface area contributed by atoms with Crippen LogP contribution in [0, 0.1) is 10.8 Å². The van der Waals surface area contributed by atoms with Gasteiger partial charge in [0.2, 0.25) is 41.4 Å². The average molecular weight is 792 g/mol. The van der Waals surface area contributed by atoms with Gasteiger partial charge in [0.15, 0.2) is 11.9 Å². The number of aliphatic hydroxyl groups is 1. The molecule has 22 heteroatoms.